The molecule has 18 heavy (non-hydrogen) atoms. The number of nitrogens with zero attached hydrogens (tertiary/aromatic N) is 3. The molecule has 0 aliphatic carbocycles. The Morgan fingerprint density at radius 2 is 2.17 bits per heavy atom. The molecule has 92 valence electrons. The standard InChI is InChI=1S/C14H15N3O/c1-11-13-6-4-8-16(13)9-10-17(11)14(18)12-5-2-3-7-15-12/h2-8,11H,9-10H2,1H3. The van der Waals surface area contributed by atoms with Crippen LogP contribution in [0.15, 0.2) is 42.7 Å². The molecular weight excluding hydrogens is 226 g/mol. The van der Waals surface area contributed by atoms with Gasteiger partial charge in [-0.1, -0.05) is 6.07 Å². The number of carbonyl (C=O) groups is 1. The van der Waals surface area contributed by atoms with Crippen LogP contribution >= 0.6 is 0 Å². The lowest BCUT2D eigenvalue weighted by Gasteiger charge is -2.34. The Labute approximate surface area is 106 Å². The molecule has 1 aliphatic heterocycles. The van der Waals surface area contributed by atoms with E-state index in [2.05, 4.69) is 28.7 Å². The molecule has 0 saturated carbocycles. The summed E-state index contributed by atoms with van der Waals surface area (Å²) in [5, 5.41) is 0. The normalized spacial score (nSPS) is 18.5. The monoisotopic (exact) mass is 241 g/mol. The largest absolute Gasteiger partial charge is 0.348 e. The Hall–Kier alpha value is -2.10. The van der Waals surface area contributed by atoms with Gasteiger partial charge >= 0.3 is 0 Å². The zero-order valence-electron chi connectivity index (χ0n) is 10.3. The van der Waals surface area contributed by atoms with Crippen molar-refractivity contribution in [3.8, 4) is 0 Å². The summed E-state index contributed by atoms with van der Waals surface area (Å²) in [6.45, 7) is 3.65. The third-order valence-electron chi connectivity index (χ3n) is 3.49. The Morgan fingerprint density at radius 1 is 1.28 bits per heavy atom. The Kier molecular flexibility index (Phi) is 2.63. The van der Waals surface area contributed by atoms with Crippen molar-refractivity contribution >= 4 is 5.91 Å². The fourth-order valence-electron chi connectivity index (χ4n) is 2.49. The van der Waals surface area contributed by atoms with Crippen LogP contribution in [-0.2, 0) is 6.54 Å². The van der Waals surface area contributed by atoms with E-state index in [-0.39, 0.29) is 11.9 Å². The molecule has 1 amide bonds. The molecule has 0 aromatic carbocycles. The number of carbonyl (C=O) groups excluding carboxylic acids is 1. The van der Waals surface area contributed by atoms with Crippen molar-refractivity contribution in [1.29, 1.82) is 0 Å². The van der Waals surface area contributed by atoms with Gasteiger partial charge in [-0.15, -0.1) is 0 Å². The highest BCUT2D eigenvalue weighted by Crippen LogP contribution is 2.26. The molecule has 0 radical (unpaired) electrons. The van der Waals surface area contributed by atoms with Crippen LogP contribution in [-0.4, -0.2) is 26.9 Å². The minimum Gasteiger partial charge on any atom is -0.348 e. The first-order valence-corrected chi connectivity index (χ1v) is 6.14. The van der Waals surface area contributed by atoms with Crippen LogP contribution in [0, 0.1) is 0 Å². The van der Waals surface area contributed by atoms with Crippen LogP contribution in [0.1, 0.15) is 29.1 Å². The van der Waals surface area contributed by atoms with Gasteiger partial charge in [-0.25, -0.2) is 0 Å². The van der Waals surface area contributed by atoms with E-state index in [9.17, 15) is 4.79 Å². The maximum absolute atomic E-state index is 12.4. The van der Waals surface area contributed by atoms with Gasteiger partial charge in [-0.3, -0.25) is 9.78 Å². The maximum Gasteiger partial charge on any atom is 0.273 e. The van der Waals surface area contributed by atoms with Gasteiger partial charge in [0.2, 0.25) is 0 Å². The van der Waals surface area contributed by atoms with Crippen LogP contribution < -0.4 is 0 Å². The summed E-state index contributed by atoms with van der Waals surface area (Å²) in [5.74, 6) is 0.00977. The third kappa shape index (κ3) is 1.70. The molecule has 2 aromatic heterocycles. The van der Waals surface area contributed by atoms with Crippen LogP contribution in [0.5, 0.6) is 0 Å². The van der Waals surface area contributed by atoms with Crippen LogP contribution in [0.2, 0.25) is 0 Å². The van der Waals surface area contributed by atoms with Gasteiger partial charge in [0.1, 0.15) is 5.69 Å². The summed E-state index contributed by atoms with van der Waals surface area (Å²) in [6.07, 6.45) is 3.72. The Morgan fingerprint density at radius 3 is 2.94 bits per heavy atom. The van der Waals surface area contributed by atoms with Crippen LogP contribution in [0.25, 0.3) is 0 Å². The predicted octanol–water partition coefficient (Wildman–Crippen LogP) is 2.10. The van der Waals surface area contributed by atoms with E-state index in [1.54, 1.807) is 12.3 Å². The lowest BCUT2D eigenvalue weighted by molar-refractivity contribution is 0.0638. The van der Waals surface area contributed by atoms with E-state index in [0.717, 1.165) is 13.1 Å². The SMILES string of the molecule is CC1c2cccn2CCN1C(=O)c1ccccn1. The second-order valence-corrected chi connectivity index (χ2v) is 4.52. The van der Waals surface area contributed by atoms with E-state index < -0.39 is 0 Å². The lowest BCUT2D eigenvalue weighted by atomic mass is 10.1. The molecule has 0 saturated heterocycles. The molecule has 0 fully saturated rings. The topological polar surface area (TPSA) is 38.1 Å². The highest BCUT2D eigenvalue weighted by atomic mass is 16.2. The minimum absolute atomic E-state index is 0.00977. The van der Waals surface area contributed by atoms with Crippen molar-refractivity contribution in [1.82, 2.24) is 14.5 Å². The second-order valence-electron chi connectivity index (χ2n) is 4.52. The number of aromatic nitrogens is 2. The van der Waals surface area contributed by atoms with Crippen molar-refractivity contribution in [2.75, 3.05) is 6.54 Å². The number of pyridine rings is 1. The number of fused-ring (bicyclic) bond motifs is 1. The highest BCUT2D eigenvalue weighted by molar-refractivity contribution is 5.92. The Bertz CT molecular complexity index is 561. The number of rotatable bonds is 1. The first kappa shape index (κ1) is 11.0. The van der Waals surface area contributed by atoms with E-state index >= 15 is 0 Å². The molecule has 2 aromatic rings. The Balaban J connectivity index is 1.89. The summed E-state index contributed by atoms with van der Waals surface area (Å²) in [4.78, 5) is 18.4. The number of amides is 1. The van der Waals surface area contributed by atoms with E-state index in [1.165, 1.54) is 5.69 Å². The number of hydrogen-bond acceptors (Lipinski definition) is 2. The summed E-state index contributed by atoms with van der Waals surface area (Å²) < 4.78 is 2.20. The fourth-order valence-corrected chi connectivity index (χ4v) is 2.49. The zero-order chi connectivity index (χ0) is 12.5. The van der Waals surface area contributed by atoms with E-state index in [0.29, 0.717) is 5.69 Å². The summed E-state index contributed by atoms with van der Waals surface area (Å²) in [6, 6.07) is 9.63. The first-order chi connectivity index (χ1) is 8.77. The summed E-state index contributed by atoms with van der Waals surface area (Å²) in [5.41, 5.74) is 1.70. The molecule has 0 bridgehead atoms. The molecular formula is C14H15N3O. The van der Waals surface area contributed by atoms with Gasteiger partial charge in [0.15, 0.2) is 0 Å². The maximum atomic E-state index is 12.4. The van der Waals surface area contributed by atoms with E-state index in [4.69, 9.17) is 0 Å². The van der Waals surface area contributed by atoms with Gasteiger partial charge in [0.25, 0.3) is 5.91 Å². The summed E-state index contributed by atoms with van der Waals surface area (Å²) in [7, 11) is 0. The quantitative estimate of drug-likeness (QED) is 0.767. The fraction of sp³-hybridized carbons (Fsp3) is 0.286. The van der Waals surface area contributed by atoms with Gasteiger partial charge in [0, 0.05) is 31.2 Å². The second kappa shape index (κ2) is 4.29. The van der Waals surface area contributed by atoms with Crippen molar-refractivity contribution in [3.05, 3.63) is 54.1 Å². The minimum atomic E-state index is 0.00977. The molecule has 3 rings (SSSR count). The van der Waals surface area contributed by atoms with Crippen molar-refractivity contribution in [2.24, 2.45) is 0 Å². The summed E-state index contributed by atoms with van der Waals surface area (Å²) >= 11 is 0. The molecule has 4 nitrogen and oxygen atoms in total. The van der Waals surface area contributed by atoms with Crippen molar-refractivity contribution in [2.45, 2.75) is 19.5 Å². The molecule has 3 heterocycles. The van der Waals surface area contributed by atoms with Gasteiger partial charge in [-0.05, 0) is 31.2 Å². The molecule has 1 aliphatic rings. The highest BCUT2D eigenvalue weighted by Gasteiger charge is 2.28. The third-order valence-corrected chi connectivity index (χ3v) is 3.49. The van der Waals surface area contributed by atoms with Gasteiger partial charge in [-0.2, -0.15) is 0 Å². The molecule has 4 heteroatoms. The van der Waals surface area contributed by atoms with Gasteiger partial charge in [0.05, 0.1) is 6.04 Å². The lowest BCUT2D eigenvalue weighted by Crippen LogP contribution is -2.41. The average molecular weight is 241 g/mol. The number of hydrogen-bond donors (Lipinski definition) is 0. The van der Waals surface area contributed by atoms with Crippen molar-refractivity contribution in [3.63, 3.8) is 0 Å². The smallest absolute Gasteiger partial charge is 0.273 e. The zero-order valence-corrected chi connectivity index (χ0v) is 10.3. The predicted molar refractivity (Wildman–Crippen MR) is 68.1 cm³/mol. The van der Waals surface area contributed by atoms with Crippen LogP contribution in [0.4, 0.5) is 0 Å². The van der Waals surface area contributed by atoms with Crippen molar-refractivity contribution < 1.29 is 4.79 Å². The molecule has 0 spiro atoms. The molecule has 1 unspecified atom stereocenters. The molecule has 0 N–H and O–H groups in total. The molecule has 1 atom stereocenters. The van der Waals surface area contributed by atoms with Gasteiger partial charge < -0.3 is 9.47 Å². The van der Waals surface area contributed by atoms with E-state index in [1.807, 2.05) is 23.1 Å². The first-order valence-electron chi connectivity index (χ1n) is 6.14. The average Bonchev–Trinajstić information content (AvgIpc) is 2.89. The van der Waals surface area contributed by atoms with Crippen LogP contribution in [0.3, 0.4) is 0 Å².